The van der Waals surface area contributed by atoms with Gasteiger partial charge in [0.25, 0.3) is 5.91 Å². The molecule has 0 saturated heterocycles. The highest BCUT2D eigenvalue weighted by Gasteiger charge is 2.31. The Hall–Kier alpha value is -5.37. The third kappa shape index (κ3) is 5.08. The third-order valence-corrected chi connectivity index (χ3v) is 6.13. The van der Waals surface area contributed by atoms with Crippen LogP contribution in [0.1, 0.15) is 39.0 Å². The summed E-state index contributed by atoms with van der Waals surface area (Å²) in [5.41, 5.74) is 2.81. The van der Waals surface area contributed by atoms with Crippen LogP contribution in [0.15, 0.2) is 101 Å². The number of esters is 1. The van der Waals surface area contributed by atoms with E-state index in [-0.39, 0.29) is 11.5 Å². The fourth-order valence-corrected chi connectivity index (χ4v) is 4.25. The smallest absolute Gasteiger partial charge is 0.339 e. The second-order valence-electron chi connectivity index (χ2n) is 8.64. The van der Waals surface area contributed by atoms with E-state index in [4.69, 9.17) is 9.15 Å². The molecule has 0 radical (unpaired) electrons. The normalized spacial score (nSPS) is 14.0. The number of ether oxygens (including phenoxy) is 1. The number of aromatic hydroxyl groups is 1. The van der Waals surface area contributed by atoms with Gasteiger partial charge in [0.15, 0.2) is 0 Å². The lowest BCUT2D eigenvalue weighted by Gasteiger charge is -2.21. The molecule has 5 rings (SSSR count). The van der Waals surface area contributed by atoms with E-state index in [1.165, 1.54) is 23.1 Å². The van der Waals surface area contributed by atoms with Gasteiger partial charge >= 0.3 is 11.9 Å². The van der Waals surface area contributed by atoms with Crippen LogP contribution in [0, 0.1) is 0 Å². The first-order chi connectivity index (χ1) is 18.9. The van der Waals surface area contributed by atoms with Gasteiger partial charge in [0.1, 0.15) is 22.8 Å². The molecule has 8 heteroatoms. The van der Waals surface area contributed by atoms with Gasteiger partial charge in [-0.2, -0.15) is 0 Å². The van der Waals surface area contributed by atoms with Crippen LogP contribution in [0.5, 0.6) is 5.75 Å². The molecule has 2 N–H and O–H groups in total. The minimum absolute atomic E-state index is 0.293. The maximum atomic E-state index is 13.6. The predicted octanol–water partition coefficient (Wildman–Crippen LogP) is 6.00. The highest BCUT2D eigenvalue weighted by Crippen LogP contribution is 2.37. The summed E-state index contributed by atoms with van der Waals surface area (Å²) < 4.78 is 11.0. The van der Waals surface area contributed by atoms with Crippen LogP contribution in [-0.4, -0.2) is 34.7 Å². The fraction of sp³-hybridized carbons (Fsp3) is 0.0645. The van der Waals surface area contributed by atoms with Crippen molar-refractivity contribution in [2.24, 2.45) is 0 Å². The molecule has 2 heterocycles. The molecule has 39 heavy (non-hydrogen) atoms. The molecule has 194 valence electrons. The summed E-state index contributed by atoms with van der Waals surface area (Å²) in [6, 6.07) is 23.6. The van der Waals surface area contributed by atoms with Crippen molar-refractivity contribution in [2.75, 3.05) is 11.5 Å². The van der Waals surface area contributed by atoms with Crippen molar-refractivity contribution >= 4 is 35.3 Å². The summed E-state index contributed by atoms with van der Waals surface area (Å²) in [4.78, 5) is 38.5. The number of benzene rings is 3. The number of carboxylic acid groups (broad SMARTS) is 1. The van der Waals surface area contributed by atoms with E-state index in [0.717, 1.165) is 11.1 Å². The number of nitrogens with zero attached hydrogens (tertiary/aromatic N) is 1. The Labute approximate surface area is 223 Å². The van der Waals surface area contributed by atoms with E-state index >= 15 is 0 Å². The maximum Gasteiger partial charge on any atom is 0.339 e. The third-order valence-electron chi connectivity index (χ3n) is 6.13. The average molecular weight is 522 g/mol. The molecule has 0 spiro atoms. The van der Waals surface area contributed by atoms with Gasteiger partial charge in [0.2, 0.25) is 0 Å². The average Bonchev–Trinajstić information content (AvgIpc) is 3.54. The van der Waals surface area contributed by atoms with Crippen molar-refractivity contribution in [3.05, 3.63) is 119 Å². The van der Waals surface area contributed by atoms with E-state index < -0.39 is 17.7 Å². The molecule has 0 aliphatic carbocycles. The molecule has 0 atom stereocenters. The zero-order valence-corrected chi connectivity index (χ0v) is 20.8. The van der Waals surface area contributed by atoms with E-state index in [0.29, 0.717) is 40.6 Å². The largest absolute Gasteiger partial charge is 0.507 e. The van der Waals surface area contributed by atoms with Crippen LogP contribution in [0.2, 0.25) is 0 Å². The van der Waals surface area contributed by atoms with Gasteiger partial charge < -0.3 is 19.4 Å². The fourth-order valence-electron chi connectivity index (χ4n) is 4.25. The topological polar surface area (TPSA) is 117 Å². The second-order valence-corrected chi connectivity index (χ2v) is 8.64. The molecule has 4 aromatic rings. The highest BCUT2D eigenvalue weighted by atomic mass is 16.5. The zero-order chi connectivity index (χ0) is 27.5. The predicted molar refractivity (Wildman–Crippen MR) is 145 cm³/mol. The minimum atomic E-state index is -1.31. The first-order valence-electron chi connectivity index (χ1n) is 12.1. The summed E-state index contributed by atoms with van der Waals surface area (Å²) in [5, 5.41) is 19.4. The number of phenols is 1. The number of carbonyl (C=O) groups is 3. The second kappa shape index (κ2) is 10.5. The van der Waals surface area contributed by atoms with Crippen molar-refractivity contribution in [3.63, 3.8) is 0 Å². The Bertz CT molecular complexity index is 1630. The van der Waals surface area contributed by atoms with Crippen LogP contribution in [-0.2, 0) is 9.53 Å². The zero-order valence-electron chi connectivity index (χ0n) is 20.8. The quantitative estimate of drug-likeness (QED) is 0.226. The number of hydrogen-bond donors (Lipinski definition) is 2. The number of rotatable bonds is 7. The molecule has 1 aliphatic rings. The summed E-state index contributed by atoms with van der Waals surface area (Å²) in [5.74, 6) is -1.49. The van der Waals surface area contributed by atoms with E-state index in [1.54, 1.807) is 55.5 Å². The molecule has 0 saturated carbocycles. The van der Waals surface area contributed by atoms with Gasteiger partial charge in [0.05, 0.1) is 23.6 Å². The number of anilines is 1. The van der Waals surface area contributed by atoms with Gasteiger partial charge in [-0.05, 0) is 67.1 Å². The van der Waals surface area contributed by atoms with Crippen LogP contribution >= 0.6 is 0 Å². The van der Waals surface area contributed by atoms with Crippen molar-refractivity contribution in [3.8, 4) is 17.1 Å². The van der Waals surface area contributed by atoms with Crippen LogP contribution < -0.4 is 4.90 Å². The van der Waals surface area contributed by atoms with Gasteiger partial charge in [-0.25, -0.2) is 9.59 Å². The standard InChI is InChI=1S/C31H23NO7/c1-2-38-31(37)21-10-8-20(9-11-21)28-15-13-24(39-28)16-22-17-26(19-6-4-3-5-7-19)32(29(22)34)23-12-14-27(33)25(18-23)30(35)36/h3-18,33H,2H2,1H3,(H,35,36)/b22-16-. The van der Waals surface area contributed by atoms with Crippen LogP contribution in [0.4, 0.5) is 5.69 Å². The van der Waals surface area contributed by atoms with Crippen molar-refractivity contribution in [2.45, 2.75) is 6.92 Å². The Morgan fingerprint density at radius 2 is 1.69 bits per heavy atom. The number of carbonyl (C=O) groups excluding carboxylic acids is 2. The lowest BCUT2D eigenvalue weighted by molar-refractivity contribution is -0.113. The number of aromatic carboxylic acids is 1. The molecular formula is C31H23NO7. The van der Waals surface area contributed by atoms with Gasteiger partial charge in [-0.3, -0.25) is 9.69 Å². The number of amides is 1. The SMILES string of the molecule is CCOC(=O)c1ccc(-c2ccc(/C=C3/C=C(c4ccccc4)N(c4ccc(O)c(C(=O)O)c4)C3=O)o2)cc1. The summed E-state index contributed by atoms with van der Waals surface area (Å²) in [6.07, 6.45) is 3.32. The minimum Gasteiger partial charge on any atom is -0.507 e. The van der Waals surface area contributed by atoms with Gasteiger partial charge in [0, 0.05) is 11.1 Å². The lowest BCUT2D eigenvalue weighted by atomic mass is 10.1. The Morgan fingerprint density at radius 1 is 0.949 bits per heavy atom. The molecule has 1 aliphatic heterocycles. The molecule has 1 amide bonds. The summed E-state index contributed by atoms with van der Waals surface area (Å²) >= 11 is 0. The van der Waals surface area contributed by atoms with Gasteiger partial charge in [-0.15, -0.1) is 0 Å². The number of hydrogen-bond acceptors (Lipinski definition) is 6. The molecular weight excluding hydrogens is 498 g/mol. The Balaban J connectivity index is 1.49. The summed E-state index contributed by atoms with van der Waals surface area (Å²) in [7, 11) is 0. The van der Waals surface area contributed by atoms with E-state index in [9.17, 15) is 24.6 Å². The first-order valence-corrected chi connectivity index (χ1v) is 12.1. The molecule has 8 nitrogen and oxygen atoms in total. The van der Waals surface area contributed by atoms with E-state index in [1.807, 2.05) is 30.3 Å². The monoisotopic (exact) mass is 521 g/mol. The Morgan fingerprint density at radius 3 is 2.38 bits per heavy atom. The van der Waals surface area contributed by atoms with Crippen molar-refractivity contribution in [1.82, 2.24) is 0 Å². The first kappa shape index (κ1) is 25.3. The van der Waals surface area contributed by atoms with E-state index in [2.05, 4.69) is 0 Å². The maximum absolute atomic E-state index is 13.6. The van der Waals surface area contributed by atoms with Crippen LogP contribution in [0.3, 0.4) is 0 Å². The molecule has 0 bridgehead atoms. The lowest BCUT2D eigenvalue weighted by Crippen LogP contribution is -2.25. The van der Waals surface area contributed by atoms with Crippen molar-refractivity contribution < 1.29 is 33.8 Å². The number of furan rings is 1. The highest BCUT2D eigenvalue weighted by molar-refractivity contribution is 6.23. The molecule has 0 unspecified atom stereocenters. The van der Waals surface area contributed by atoms with Gasteiger partial charge in [-0.1, -0.05) is 42.5 Å². The Kier molecular flexibility index (Phi) is 6.84. The molecule has 3 aromatic carbocycles. The number of carboxylic acids is 1. The van der Waals surface area contributed by atoms with Crippen LogP contribution in [0.25, 0.3) is 23.1 Å². The molecule has 1 aromatic heterocycles. The summed E-state index contributed by atoms with van der Waals surface area (Å²) in [6.45, 7) is 2.04. The molecule has 0 fully saturated rings. The van der Waals surface area contributed by atoms with Crippen molar-refractivity contribution in [1.29, 1.82) is 0 Å².